The van der Waals surface area contributed by atoms with Crippen LogP contribution in [-0.4, -0.2) is 24.5 Å². The quantitative estimate of drug-likeness (QED) is 0.751. The molecular formula is C13H23ClN2O. The summed E-state index contributed by atoms with van der Waals surface area (Å²) >= 11 is 5.54. The Morgan fingerprint density at radius 3 is 2.65 bits per heavy atom. The van der Waals surface area contributed by atoms with E-state index in [-0.39, 0.29) is 6.03 Å². The molecule has 2 aliphatic rings. The Morgan fingerprint density at radius 1 is 1.12 bits per heavy atom. The van der Waals surface area contributed by atoms with E-state index in [9.17, 15) is 4.79 Å². The first-order chi connectivity index (χ1) is 8.29. The van der Waals surface area contributed by atoms with Crippen molar-refractivity contribution in [2.45, 2.75) is 51.0 Å². The fourth-order valence-electron chi connectivity index (χ4n) is 3.40. The Hall–Kier alpha value is -0.440. The molecule has 2 fully saturated rings. The largest absolute Gasteiger partial charge is 0.337 e. The molecule has 98 valence electrons. The maximum Gasteiger partial charge on any atom is 0.315 e. The number of alkyl halides is 1. The molecule has 2 rings (SSSR count). The topological polar surface area (TPSA) is 41.1 Å². The molecule has 0 aromatic heterocycles. The number of rotatable bonds is 3. The Balaban J connectivity index is 1.73. The number of halogens is 1. The van der Waals surface area contributed by atoms with Gasteiger partial charge in [-0.2, -0.15) is 0 Å². The van der Waals surface area contributed by atoms with Crippen molar-refractivity contribution in [1.82, 2.24) is 10.6 Å². The van der Waals surface area contributed by atoms with Crippen molar-refractivity contribution < 1.29 is 4.79 Å². The van der Waals surface area contributed by atoms with Crippen LogP contribution in [0.5, 0.6) is 0 Å². The Morgan fingerprint density at radius 2 is 1.88 bits per heavy atom. The van der Waals surface area contributed by atoms with Gasteiger partial charge in [-0.05, 0) is 31.1 Å². The Kier molecular flexibility index (Phi) is 4.96. The monoisotopic (exact) mass is 258 g/mol. The summed E-state index contributed by atoms with van der Waals surface area (Å²) in [6.07, 6.45) is 9.20. The van der Waals surface area contributed by atoms with Gasteiger partial charge >= 0.3 is 6.03 Å². The second-order valence-corrected chi connectivity index (χ2v) is 5.78. The minimum atomic E-state index is -0.0510. The number of fused-ring (bicyclic) bond motifs is 1. The summed E-state index contributed by atoms with van der Waals surface area (Å²) in [7, 11) is 0. The van der Waals surface area contributed by atoms with E-state index in [0.29, 0.717) is 18.5 Å². The van der Waals surface area contributed by atoms with Crippen molar-refractivity contribution in [2.75, 3.05) is 12.4 Å². The molecule has 0 radical (unpaired) electrons. The number of carbonyl (C=O) groups is 1. The van der Waals surface area contributed by atoms with Gasteiger partial charge in [0.2, 0.25) is 0 Å². The standard InChI is InChI=1S/C13H23ClN2O/c14-7-8-15-13(17)16-12-6-5-10-3-1-2-4-11(10)9-12/h10-12H,1-9H2,(H2,15,16,17). The van der Waals surface area contributed by atoms with E-state index in [1.54, 1.807) is 0 Å². The van der Waals surface area contributed by atoms with E-state index in [4.69, 9.17) is 11.6 Å². The van der Waals surface area contributed by atoms with Gasteiger partial charge in [-0.3, -0.25) is 0 Å². The lowest BCUT2D eigenvalue weighted by atomic mass is 9.69. The highest BCUT2D eigenvalue weighted by Crippen LogP contribution is 2.40. The van der Waals surface area contributed by atoms with Crippen molar-refractivity contribution in [2.24, 2.45) is 11.8 Å². The molecule has 2 N–H and O–H groups in total. The van der Waals surface area contributed by atoms with Crippen molar-refractivity contribution in [3.63, 3.8) is 0 Å². The van der Waals surface area contributed by atoms with Gasteiger partial charge in [0.1, 0.15) is 0 Å². The average Bonchev–Trinajstić information content (AvgIpc) is 2.36. The number of nitrogens with one attached hydrogen (secondary N) is 2. The van der Waals surface area contributed by atoms with Crippen LogP contribution in [0.25, 0.3) is 0 Å². The minimum absolute atomic E-state index is 0.0510. The smallest absolute Gasteiger partial charge is 0.315 e. The normalized spacial score (nSPS) is 32.6. The van der Waals surface area contributed by atoms with Crippen LogP contribution in [0.2, 0.25) is 0 Å². The second-order valence-electron chi connectivity index (χ2n) is 5.40. The zero-order valence-corrected chi connectivity index (χ0v) is 11.1. The molecule has 0 heterocycles. The molecule has 2 saturated carbocycles. The van der Waals surface area contributed by atoms with Gasteiger partial charge in [0, 0.05) is 18.5 Å². The van der Waals surface area contributed by atoms with Crippen LogP contribution in [0, 0.1) is 11.8 Å². The van der Waals surface area contributed by atoms with Gasteiger partial charge in [0.25, 0.3) is 0 Å². The lowest BCUT2D eigenvalue weighted by molar-refractivity contribution is 0.145. The van der Waals surface area contributed by atoms with Crippen LogP contribution in [0.3, 0.4) is 0 Å². The fraction of sp³-hybridized carbons (Fsp3) is 0.923. The van der Waals surface area contributed by atoms with Gasteiger partial charge in [0.15, 0.2) is 0 Å². The summed E-state index contributed by atoms with van der Waals surface area (Å²) < 4.78 is 0. The first-order valence-corrected chi connectivity index (χ1v) is 7.43. The molecule has 0 bridgehead atoms. The summed E-state index contributed by atoms with van der Waals surface area (Å²) in [5.41, 5.74) is 0. The molecular weight excluding hydrogens is 236 g/mol. The van der Waals surface area contributed by atoms with Crippen LogP contribution in [0.4, 0.5) is 4.79 Å². The predicted molar refractivity (Wildman–Crippen MR) is 70.3 cm³/mol. The van der Waals surface area contributed by atoms with Gasteiger partial charge < -0.3 is 10.6 Å². The van der Waals surface area contributed by atoms with Crippen molar-refractivity contribution >= 4 is 17.6 Å². The highest BCUT2D eigenvalue weighted by atomic mass is 35.5. The summed E-state index contributed by atoms with van der Waals surface area (Å²) in [5.74, 6) is 2.27. The lowest BCUT2D eigenvalue weighted by Crippen LogP contribution is -2.46. The molecule has 0 aromatic carbocycles. The highest BCUT2D eigenvalue weighted by Gasteiger charge is 2.32. The van der Waals surface area contributed by atoms with Crippen molar-refractivity contribution in [3.8, 4) is 0 Å². The lowest BCUT2D eigenvalue weighted by Gasteiger charge is -2.39. The second kappa shape index (κ2) is 6.48. The van der Waals surface area contributed by atoms with Crippen LogP contribution in [0.15, 0.2) is 0 Å². The van der Waals surface area contributed by atoms with Gasteiger partial charge in [-0.15, -0.1) is 11.6 Å². The number of hydrogen-bond acceptors (Lipinski definition) is 1. The van der Waals surface area contributed by atoms with E-state index in [1.807, 2.05) is 0 Å². The predicted octanol–water partition coefficient (Wildman–Crippen LogP) is 2.88. The fourth-order valence-corrected chi connectivity index (χ4v) is 3.50. The van der Waals surface area contributed by atoms with Gasteiger partial charge in [0.05, 0.1) is 0 Å². The highest BCUT2D eigenvalue weighted by molar-refractivity contribution is 6.18. The molecule has 2 amide bonds. The van der Waals surface area contributed by atoms with Crippen LogP contribution in [0.1, 0.15) is 44.9 Å². The van der Waals surface area contributed by atoms with Gasteiger partial charge in [-0.1, -0.05) is 25.7 Å². The maximum atomic E-state index is 11.5. The number of urea groups is 1. The molecule has 0 spiro atoms. The first-order valence-electron chi connectivity index (χ1n) is 6.90. The van der Waals surface area contributed by atoms with Crippen molar-refractivity contribution in [3.05, 3.63) is 0 Å². The summed E-state index contributed by atoms with van der Waals surface area (Å²) in [4.78, 5) is 11.5. The van der Waals surface area contributed by atoms with Gasteiger partial charge in [-0.25, -0.2) is 4.79 Å². The third kappa shape index (κ3) is 3.77. The van der Waals surface area contributed by atoms with E-state index in [2.05, 4.69) is 10.6 Å². The third-order valence-corrected chi connectivity index (χ3v) is 4.44. The molecule has 3 atom stereocenters. The zero-order valence-electron chi connectivity index (χ0n) is 10.4. The molecule has 3 unspecified atom stereocenters. The summed E-state index contributed by atoms with van der Waals surface area (Å²) in [6.45, 7) is 0.548. The molecule has 3 nitrogen and oxygen atoms in total. The third-order valence-electron chi connectivity index (χ3n) is 4.25. The molecule has 0 aromatic rings. The Bertz CT molecular complexity index is 260. The van der Waals surface area contributed by atoms with Crippen LogP contribution >= 0.6 is 11.6 Å². The zero-order chi connectivity index (χ0) is 12.1. The molecule has 0 aliphatic heterocycles. The first kappa shape index (κ1) is 13.0. The Labute approximate surface area is 109 Å². The average molecular weight is 259 g/mol. The van der Waals surface area contributed by atoms with E-state index >= 15 is 0 Å². The molecule has 0 saturated heterocycles. The molecule has 2 aliphatic carbocycles. The maximum absolute atomic E-state index is 11.5. The number of amides is 2. The molecule has 17 heavy (non-hydrogen) atoms. The van der Waals surface area contributed by atoms with Crippen molar-refractivity contribution in [1.29, 1.82) is 0 Å². The minimum Gasteiger partial charge on any atom is -0.337 e. The number of carbonyl (C=O) groups excluding carboxylic acids is 1. The van der Waals surface area contributed by atoms with E-state index < -0.39 is 0 Å². The van der Waals surface area contributed by atoms with Crippen LogP contribution < -0.4 is 10.6 Å². The van der Waals surface area contributed by atoms with Crippen LogP contribution in [-0.2, 0) is 0 Å². The summed E-state index contributed by atoms with van der Waals surface area (Å²) in [6, 6.07) is 0.328. The molecule has 4 heteroatoms. The number of hydrogen-bond donors (Lipinski definition) is 2. The summed E-state index contributed by atoms with van der Waals surface area (Å²) in [5, 5.41) is 5.85. The SMILES string of the molecule is O=C(NCCCl)NC1CCC2CCCCC2C1. The van der Waals surface area contributed by atoms with E-state index in [1.165, 1.54) is 38.5 Å². The van der Waals surface area contributed by atoms with E-state index in [0.717, 1.165) is 18.3 Å².